The zero-order valence-electron chi connectivity index (χ0n) is 10.4. The molecule has 0 radical (unpaired) electrons. The molecule has 90 valence electrons. The summed E-state index contributed by atoms with van der Waals surface area (Å²) in [6.07, 6.45) is 2.47. The minimum absolute atomic E-state index is 0.330. The molecule has 1 aliphatic heterocycles. The Morgan fingerprint density at radius 3 is 3.18 bits per heavy atom. The highest BCUT2D eigenvalue weighted by Crippen LogP contribution is 2.32. The van der Waals surface area contributed by atoms with Crippen LogP contribution in [0.5, 0.6) is 0 Å². The van der Waals surface area contributed by atoms with E-state index in [1.165, 1.54) is 5.56 Å². The summed E-state index contributed by atoms with van der Waals surface area (Å²) < 4.78 is 5.73. The number of imidazole rings is 1. The lowest BCUT2D eigenvalue weighted by molar-refractivity contribution is 0.0996. The molecule has 1 aliphatic rings. The van der Waals surface area contributed by atoms with E-state index < -0.39 is 0 Å². The predicted octanol–water partition coefficient (Wildman–Crippen LogP) is 3.15. The number of nitrogens with one attached hydrogen (secondary N) is 1. The van der Waals surface area contributed by atoms with Gasteiger partial charge in [0.05, 0.1) is 17.1 Å². The van der Waals surface area contributed by atoms with Crippen LogP contribution in [0.3, 0.4) is 0 Å². The number of ether oxygens (including phenoxy) is 1. The second-order valence-corrected chi connectivity index (χ2v) is 4.86. The first-order valence-electron chi connectivity index (χ1n) is 6.36. The number of hydrogen-bond donors (Lipinski definition) is 1. The van der Waals surface area contributed by atoms with Crippen molar-refractivity contribution >= 4 is 11.0 Å². The summed E-state index contributed by atoms with van der Waals surface area (Å²) in [5, 5.41) is 0. The number of nitrogens with zero attached hydrogens (tertiary/aromatic N) is 1. The molecule has 3 rings (SSSR count). The highest BCUT2D eigenvalue weighted by molar-refractivity contribution is 5.75. The van der Waals surface area contributed by atoms with Crippen LogP contribution in [0.1, 0.15) is 37.1 Å². The lowest BCUT2D eigenvalue weighted by Gasteiger charge is -2.13. The molecule has 0 amide bonds. The van der Waals surface area contributed by atoms with E-state index in [-0.39, 0.29) is 0 Å². The van der Waals surface area contributed by atoms with Crippen molar-refractivity contribution in [2.75, 3.05) is 6.61 Å². The fraction of sp³-hybridized carbons (Fsp3) is 0.500. The number of fused-ring (bicyclic) bond motifs is 1. The fourth-order valence-corrected chi connectivity index (χ4v) is 2.68. The molecular formula is C14H18N2O. The summed E-state index contributed by atoms with van der Waals surface area (Å²) >= 11 is 0. The summed E-state index contributed by atoms with van der Waals surface area (Å²) in [7, 11) is 0. The van der Waals surface area contributed by atoms with Crippen LogP contribution in [0, 0.1) is 6.92 Å². The van der Waals surface area contributed by atoms with E-state index in [1.54, 1.807) is 0 Å². The van der Waals surface area contributed by atoms with Gasteiger partial charge in [-0.25, -0.2) is 4.98 Å². The van der Waals surface area contributed by atoms with Crippen LogP contribution in [0.2, 0.25) is 0 Å². The molecule has 1 fully saturated rings. The third-order valence-corrected chi connectivity index (χ3v) is 3.62. The number of aromatic nitrogens is 2. The van der Waals surface area contributed by atoms with E-state index in [0.29, 0.717) is 12.0 Å². The van der Waals surface area contributed by atoms with Crippen LogP contribution in [0.4, 0.5) is 0 Å². The van der Waals surface area contributed by atoms with E-state index in [1.807, 2.05) is 0 Å². The Morgan fingerprint density at radius 1 is 1.47 bits per heavy atom. The minimum atomic E-state index is 0.330. The fourth-order valence-electron chi connectivity index (χ4n) is 2.68. The summed E-state index contributed by atoms with van der Waals surface area (Å²) in [6.45, 7) is 5.14. The first-order chi connectivity index (χ1) is 8.28. The summed E-state index contributed by atoms with van der Waals surface area (Å²) in [4.78, 5) is 8.15. The molecule has 0 saturated carbocycles. The first-order valence-corrected chi connectivity index (χ1v) is 6.36. The van der Waals surface area contributed by atoms with Crippen LogP contribution in [0.15, 0.2) is 18.2 Å². The Bertz CT molecular complexity index is 532. The molecular weight excluding hydrogens is 212 g/mol. The van der Waals surface area contributed by atoms with E-state index in [2.05, 4.69) is 37.0 Å². The summed E-state index contributed by atoms with van der Waals surface area (Å²) in [5.41, 5.74) is 3.47. The maximum Gasteiger partial charge on any atom is 0.113 e. The number of aryl methyl sites for hydroxylation is 1. The zero-order chi connectivity index (χ0) is 11.8. The maximum atomic E-state index is 5.73. The van der Waals surface area contributed by atoms with Gasteiger partial charge in [0.2, 0.25) is 0 Å². The summed E-state index contributed by atoms with van der Waals surface area (Å²) in [6, 6.07) is 6.35. The Balaban J connectivity index is 2.00. The van der Waals surface area contributed by atoms with Crippen molar-refractivity contribution in [3.05, 3.63) is 29.6 Å². The molecule has 0 bridgehead atoms. The van der Waals surface area contributed by atoms with Gasteiger partial charge in [-0.05, 0) is 37.5 Å². The van der Waals surface area contributed by atoms with Gasteiger partial charge in [-0.2, -0.15) is 0 Å². The Morgan fingerprint density at radius 2 is 2.35 bits per heavy atom. The van der Waals surface area contributed by atoms with Gasteiger partial charge >= 0.3 is 0 Å². The van der Waals surface area contributed by atoms with E-state index in [9.17, 15) is 0 Å². The average Bonchev–Trinajstić information content (AvgIpc) is 2.93. The van der Waals surface area contributed by atoms with Gasteiger partial charge in [-0.3, -0.25) is 0 Å². The number of hydrogen-bond acceptors (Lipinski definition) is 2. The molecule has 2 heterocycles. The molecule has 0 aliphatic carbocycles. The van der Waals surface area contributed by atoms with Crippen molar-refractivity contribution < 1.29 is 4.74 Å². The van der Waals surface area contributed by atoms with Crippen molar-refractivity contribution in [2.24, 2.45) is 0 Å². The van der Waals surface area contributed by atoms with Gasteiger partial charge < -0.3 is 9.72 Å². The monoisotopic (exact) mass is 230 g/mol. The van der Waals surface area contributed by atoms with Crippen molar-refractivity contribution in [1.82, 2.24) is 9.97 Å². The van der Waals surface area contributed by atoms with Crippen LogP contribution in [0.25, 0.3) is 11.0 Å². The number of H-pyrrole nitrogens is 1. The van der Waals surface area contributed by atoms with Gasteiger partial charge in [0.1, 0.15) is 5.82 Å². The second kappa shape index (κ2) is 4.15. The molecule has 0 spiro atoms. The maximum absolute atomic E-state index is 5.73. The van der Waals surface area contributed by atoms with Gasteiger partial charge in [0.15, 0.2) is 0 Å². The first kappa shape index (κ1) is 10.8. The standard InChI is InChI=1S/C14H18N2O/c1-3-13-10(6-7-17-13)14-15-11-5-4-9(2)8-12(11)16-14/h4-5,8,10,13H,3,6-7H2,1-2H3,(H,15,16). The molecule has 3 heteroatoms. The van der Waals surface area contributed by atoms with E-state index in [4.69, 9.17) is 9.72 Å². The van der Waals surface area contributed by atoms with Gasteiger partial charge in [-0.15, -0.1) is 0 Å². The molecule has 1 N–H and O–H groups in total. The van der Waals surface area contributed by atoms with Crippen LogP contribution in [-0.4, -0.2) is 22.7 Å². The van der Waals surface area contributed by atoms with Gasteiger partial charge in [0, 0.05) is 12.5 Å². The SMILES string of the molecule is CCC1OCCC1c1nc2ccc(C)cc2[nH]1. The largest absolute Gasteiger partial charge is 0.377 e. The Labute approximate surface area is 101 Å². The molecule has 2 atom stereocenters. The second-order valence-electron chi connectivity index (χ2n) is 4.86. The van der Waals surface area contributed by atoms with E-state index in [0.717, 1.165) is 36.3 Å². The molecule has 3 nitrogen and oxygen atoms in total. The third kappa shape index (κ3) is 1.84. The number of aromatic amines is 1. The third-order valence-electron chi connectivity index (χ3n) is 3.62. The van der Waals surface area contributed by atoms with Crippen molar-refractivity contribution in [2.45, 2.75) is 38.7 Å². The molecule has 1 saturated heterocycles. The van der Waals surface area contributed by atoms with Gasteiger partial charge in [-0.1, -0.05) is 13.0 Å². The topological polar surface area (TPSA) is 37.9 Å². The lowest BCUT2D eigenvalue weighted by atomic mass is 9.99. The normalized spacial score (nSPS) is 24.6. The summed E-state index contributed by atoms with van der Waals surface area (Å²) in [5.74, 6) is 1.53. The molecule has 17 heavy (non-hydrogen) atoms. The zero-order valence-corrected chi connectivity index (χ0v) is 10.4. The minimum Gasteiger partial charge on any atom is -0.377 e. The highest BCUT2D eigenvalue weighted by atomic mass is 16.5. The Hall–Kier alpha value is -1.35. The van der Waals surface area contributed by atoms with Crippen LogP contribution in [-0.2, 0) is 4.74 Å². The van der Waals surface area contributed by atoms with E-state index >= 15 is 0 Å². The smallest absolute Gasteiger partial charge is 0.113 e. The number of benzene rings is 1. The average molecular weight is 230 g/mol. The van der Waals surface area contributed by atoms with Crippen molar-refractivity contribution in [1.29, 1.82) is 0 Å². The molecule has 1 aromatic carbocycles. The predicted molar refractivity (Wildman–Crippen MR) is 68.2 cm³/mol. The van der Waals surface area contributed by atoms with Crippen LogP contribution >= 0.6 is 0 Å². The highest BCUT2D eigenvalue weighted by Gasteiger charge is 2.30. The van der Waals surface area contributed by atoms with Gasteiger partial charge in [0.25, 0.3) is 0 Å². The lowest BCUT2D eigenvalue weighted by Crippen LogP contribution is -2.13. The molecule has 1 aromatic heterocycles. The van der Waals surface area contributed by atoms with Crippen molar-refractivity contribution in [3.63, 3.8) is 0 Å². The van der Waals surface area contributed by atoms with Crippen molar-refractivity contribution in [3.8, 4) is 0 Å². The van der Waals surface area contributed by atoms with Crippen LogP contribution < -0.4 is 0 Å². The quantitative estimate of drug-likeness (QED) is 0.860. The number of rotatable bonds is 2. The molecule has 2 unspecified atom stereocenters. The molecule has 2 aromatic rings. The Kier molecular flexibility index (Phi) is 2.63.